The maximum atomic E-state index is 11.8. The fourth-order valence-corrected chi connectivity index (χ4v) is 2.44. The molecule has 1 aromatic heterocycles. The van der Waals surface area contributed by atoms with Gasteiger partial charge in [0, 0.05) is 18.5 Å². The predicted molar refractivity (Wildman–Crippen MR) is 79.9 cm³/mol. The van der Waals surface area contributed by atoms with Gasteiger partial charge in [-0.1, -0.05) is 12.1 Å². The number of carboxylic acid groups (broad SMARTS) is 1. The van der Waals surface area contributed by atoms with Crippen LogP contribution in [0.1, 0.15) is 32.9 Å². The number of rotatable bonds is 6. The van der Waals surface area contributed by atoms with Gasteiger partial charge in [0.05, 0.1) is 10.4 Å². The van der Waals surface area contributed by atoms with Crippen LogP contribution in [-0.2, 0) is 4.79 Å². The van der Waals surface area contributed by atoms with E-state index in [2.05, 4.69) is 5.32 Å². The Morgan fingerprint density at radius 1 is 1.10 bits per heavy atom. The van der Waals surface area contributed by atoms with Gasteiger partial charge in [0.25, 0.3) is 0 Å². The third kappa shape index (κ3) is 4.25. The second kappa shape index (κ2) is 6.81. The van der Waals surface area contributed by atoms with Gasteiger partial charge in [-0.15, -0.1) is 11.3 Å². The molecule has 0 radical (unpaired) electrons. The van der Waals surface area contributed by atoms with Crippen molar-refractivity contribution in [3.05, 3.63) is 52.2 Å². The number of nitrogens with one attached hydrogen (secondary N) is 1. The lowest BCUT2D eigenvalue weighted by molar-refractivity contribution is -0.116. The molecule has 1 heterocycles. The van der Waals surface area contributed by atoms with Gasteiger partial charge >= 0.3 is 5.97 Å². The minimum atomic E-state index is -1.06. The molecule has 108 valence electrons. The first kappa shape index (κ1) is 14.9. The van der Waals surface area contributed by atoms with E-state index in [1.807, 2.05) is 5.38 Å². The van der Waals surface area contributed by atoms with Gasteiger partial charge in [-0.3, -0.25) is 9.59 Å². The summed E-state index contributed by atoms with van der Waals surface area (Å²) in [5.74, 6) is -1.44. The Labute approximate surface area is 125 Å². The molecule has 1 aromatic carbocycles. The van der Waals surface area contributed by atoms with Crippen LogP contribution in [0.5, 0.6) is 0 Å². The average molecular weight is 303 g/mol. The van der Waals surface area contributed by atoms with E-state index in [1.165, 1.54) is 23.5 Å². The SMILES string of the molecule is O=C(CCC(=O)c1cccs1)Nc1cccc(C(=O)O)c1. The van der Waals surface area contributed by atoms with Crippen molar-refractivity contribution in [2.75, 3.05) is 5.32 Å². The normalized spacial score (nSPS) is 10.1. The number of anilines is 1. The Kier molecular flexibility index (Phi) is 4.84. The molecule has 2 rings (SSSR count). The number of hydrogen-bond acceptors (Lipinski definition) is 4. The molecule has 0 bridgehead atoms. The van der Waals surface area contributed by atoms with Crippen LogP contribution in [0.2, 0.25) is 0 Å². The molecule has 0 fully saturated rings. The van der Waals surface area contributed by atoms with E-state index in [0.29, 0.717) is 10.6 Å². The summed E-state index contributed by atoms with van der Waals surface area (Å²) >= 11 is 1.35. The zero-order valence-electron chi connectivity index (χ0n) is 11.0. The smallest absolute Gasteiger partial charge is 0.335 e. The molecule has 2 N–H and O–H groups in total. The van der Waals surface area contributed by atoms with E-state index in [0.717, 1.165) is 0 Å². The van der Waals surface area contributed by atoms with E-state index in [9.17, 15) is 14.4 Å². The van der Waals surface area contributed by atoms with Crippen LogP contribution in [0, 0.1) is 0 Å². The van der Waals surface area contributed by atoms with Crippen molar-refractivity contribution in [1.82, 2.24) is 0 Å². The van der Waals surface area contributed by atoms with Gasteiger partial charge in [-0.05, 0) is 29.6 Å². The summed E-state index contributed by atoms with van der Waals surface area (Å²) in [5.41, 5.74) is 0.505. The van der Waals surface area contributed by atoms with E-state index in [1.54, 1.807) is 24.3 Å². The van der Waals surface area contributed by atoms with Gasteiger partial charge in [-0.25, -0.2) is 4.79 Å². The van der Waals surface area contributed by atoms with Gasteiger partial charge in [0.15, 0.2) is 5.78 Å². The maximum absolute atomic E-state index is 11.8. The van der Waals surface area contributed by atoms with Gasteiger partial charge in [0.1, 0.15) is 0 Å². The van der Waals surface area contributed by atoms with E-state index in [4.69, 9.17) is 5.11 Å². The molecule has 0 atom stereocenters. The minimum absolute atomic E-state index is 0.0635. The van der Waals surface area contributed by atoms with Gasteiger partial charge < -0.3 is 10.4 Å². The number of hydrogen-bond donors (Lipinski definition) is 2. The van der Waals surface area contributed by atoms with Gasteiger partial charge in [0.2, 0.25) is 5.91 Å². The highest BCUT2D eigenvalue weighted by Gasteiger charge is 2.11. The second-order valence-electron chi connectivity index (χ2n) is 4.33. The molecule has 0 spiro atoms. The molecule has 0 saturated carbocycles. The van der Waals surface area contributed by atoms with Crippen LogP contribution in [-0.4, -0.2) is 22.8 Å². The fraction of sp³-hybridized carbons (Fsp3) is 0.133. The summed E-state index contributed by atoms with van der Waals surface area (Å²) in [6.45, 7) is 0. The number of thiophene rings is 1. The Morgan fingerprint density at radius 2 is 1.90 bits per heavy atom. The molecule has 5 nitrogen and oxygen atoms in total. The number of carbonyl (C=O) groups is 3. The van der Waals surface area contributed by atoms with Gasteiger partial charge in [-0.2, -0.15) is 0 Å². The highest BCUT2D eigenvalue weighted by Crippen LogP contribution is 2.14. The Hall–Kier alpha value is -2.47. The number of aromatic carboxylic acids is 1. The van der Waals surface area contributed by atoms with Crippen LogP contribution in [0.25, 0.3) is 0 Å². The lowest BCUT2D eigenvalue weighted by Gasteiger charge is -2.05. The molecule has 21 heavy (non-hydrogen) atoms. The quantitative estimate of drug-likeness (QED) is 0.803. The number of ketones is 1. The summed E-state index contributed by atoms with van der Waals surface area (Å²) in [4.78, 5) is 35.0. The number of Topliss-reactive ketones (excluding diaryl/α,β-unsaturated/α-hetero) is 1. The monoisotopic (exact) mass is 303 g/mol. The molecule has 0 unspecified atom stereocenters. The van der Waals surface area contributed by atoms with Crippen molar-refractivity contribution >= 4 is 34.7 Å². The number of carbonyl (C=O) groups excluding carboxylic acids is 2. The third-order valence-corrected chi connectivity index (χ3v) is 3.68. The molecule has 0 aliphatic heterocycles. The second-order valence-corrected chi connectivity index (χ2v) is 5.28. The summed E-state index contributed by atoms with van der Waals surface area (Å²) < 4.78 is 0. The molecule has 0 aliphatic rings. The van der Waals surface area contributed by atoms with Crippen LogP contribution >= 0.6 is 11.3 Å². The zero-order chi connectivity index (χ0) is 15.2. The largest absolute Gasteiger partial charge is 0.478 e. The Bertz CT molecular complexity index is 664. The highest BCUT2D eigenvalue weighted by molar-refractivity contribution is 7.12. The van der Waals surface area contributed by atoms with Crippen LogP contribution < -0.4 is 5.32 Å². The molecule has 0 aliphatic carbocycles. The summed E-state index contributed by atoms with van der Waals surface area (Å²) in [7, 11) is 0. The Morgan fingerprint density at radius 3 is 2.57 bits per heavy atom. The number of carboxylic acids is 1. The average Bonchev–Trinajstić information content (AvgIpc) is 2.99. The van der Waals surface area contributed by atoms with Crippen molar-refractivity contribution in [3.8, 4) is 0 Å². The van der Waals surface area contributed by atoms with E-state index >= 15 is 0 Å². The summed E-state index contributed by atoms with van der Waals surface area (Å²) in [5, 5.41) is 13.3. The molecule has 2 aromatic rings. The standard InChI is InChI=1S/C15H13NO4S/c17-12(13-5-2-8-21-13)6-7-14(18)16-11-4-1-3-10(9-11)15(19)20/h1-5,8-9H,6-7H2,(H,16,18)(H,19,20). The molecular formula is C15H13NO4S. The number of amides is 1. The predicted octanol–water partition coefficient (Wildman–Crippen LogP) is 3.05. The summed E-state index contributed by atoms with van der Waals surface area (Å²) in [6, 6.07) is 9.48. The van der Waals surface area contributed by atoms with E-state index < -0.39 is 5.97 Å². The molecule has 0 saturated heterocycles. The maximum Gasteiger partial charge on any atom is 0.335 e. The lowest BCUT2D eigenvalue weighted by atomic mass is 10.1. The van der Waals surface area contributed by atoms with Crippen molar-refractivity contribution in [1.29, 1.82) is 0 Å². The molecule has 6 heteroatoms. The van der Waals surface area contributed by atoms with Crippen molar-refractivity contribution in [3.63, 3.8) is 0 Å². The van der Waals surface area contributed by atoms with Crippen molar-refractivity contribution < 1.29 is 19.5 Å². The first-order valence-electron chi connectivity index (χ1n) is 6.26. The molecular weight excluding hydrogens is 290 g/mol. The van der Waals surface area contributed by atoms with Crippen molar-refractivity contribution in [2.24, 2.45) is 0 Å². The van der Waals surface area contributed by atoms with Crippen molar-refractivity contribution in [2.45, 2.75) is 12.8 Å². The third-order valence-electron chi connectivity index (χ3n) is 2.77. The molecule has 1 amide bonds. The lowest BCUT2D eigenvalue weighted by Crippen LogP contribution is -2.13. The fourth-order valence-electron chi connectivity index (χ4n) is 1.74. The first-order chi connectivity index (χ1) is 10.1. The first-order valence-corrected chi connectivity index (χ1v) is 7.14. The number of benzene rings is 1. The van der Waals surface area contributed by atoms with Crippen LogP contribution in [0.4, 0.5) is 5.69 Å². The van der Waals surface area contributed by atoms with Crippen LogP contribution in [0.15, 0.2) is 41.8 Å². The minimum Gasteiger partial charge on any atom is -0.478 e. The summed E-state index contributed by atoms with van der Waals surface area (Å²) in [6.07, 6.45) is 0.193. The topological polar surface area (TPSA) is 83.5 Å². The van der Waals surface area contributed by atoms with Crippen LogP contribution in [0.3, 0.4) is 0 Å². The highest BCUT2D eigenvalue weighted by atomic mass is 32.1. The Balaban J connectivity index is 1.89. The van der Waals surface area contributed by atoms with E-state index in [-0.39, 0.29) is 30.1 Å². The zero-order valence-corrected chi connectivity index (χ0v) is 11.9.